The van der Waals surface area contributed by atoms with Crippen molar-refractivity contribution >= 4 is 44.5 Å². The minimum absolute atomic E-state index is 0.980. The van der Waals surface area contributed by atoms with Gasteiger partial charge in [0.15, 0.2) is 0 Å². The Morgan fingerprint density at radius 1 is 0.533 bits per heavy atom. The van der Waals surface area contributed by atoms with Crippen LogP contribution in [0.5, 0.6) is 0 Å². The molecule has 3 heteroatoms. The topological polar surface area (TPSA) is 12.9 Å². The first-order valence-electron chi connectivity index (χ1n) is 9.92. The third kappa shape index (κ3) is 3.39. The molecule has 0 aliphatic heterocycles. The molecule has 0 radical (unpaired) electrons. The van der Waals surface area contributed by atoms with E-state index in [0.29, 0.717) is 0 Å². The van der Waals surface area contributed by atoms with Crippen LogP contribution in [0.15, 0.2) is 121 Å². The molecule has 1 aromatic heterocycles. The summed E-state index contributed by atoms with van der Waals surface area (Å²) in [6.07, 6.45) is 1.94. The maximum absolute atomic E-state index is 6.42. The van der Waals surface area contributed by atoms with Crippen molar-refractivity contribution in [2.45, 2.75) is 0 Å². The van der Waals surface area contributed by atoms with Crippen LogP contribution in [0, 0.1) is 0 Å². The van der Waals surface area contributed by atoms with Gasteiger partial charge < -0.3 is 0 Å². The van der Waals surface area contributed by atoms with Crippen LogP contribution in [0.2, 0.25) is 0 Å². The maximum atomic E-state index is 6.42. The van der Waals surface area contributed by atoms with Gasteiger partial charge in [-0.1, -0.05) is 121 Å². The molecular formula is C27H20NPS. The van der Waals surface area contributed by atoms with Crippen molar-refractivity contribution in [3.8, 4) is 11.3 Å². The highest BCUT2D eigenvalue weighted by atomic mass is 32.4. The third-order valence-corrected chi connectivity index (χ3v) is 10.4. The number of hydrogen-bond acceptors (Lipinski definition) is 2. The van der Waals surface area contributed by atoms with Crippen molar-refractivity contribution in [2.24, 2.45) is 0 Å². The second-order valence-corrected chi connectivity index (χ2v) is 11.7. The quantitative estimate of drug-likeness (QED) is 0.348. The fourth-order valence-electron chi connectivity index (χ4n) is 3.81. The number of benzene rings is 4. The Balaban J connectivity index is 1.60. The Kier molecular flexibility index (Phi) is 5.04. The van der Waals surface area contributed by atoms with Gasteiger partial charge in [-0.2, -0.15) is 0 Å². The molecule has 0 aliphatic rings. The van der Waals surface area contributed by atoms with Crippen molar-refractivity contribution in [3.05, 3.63) is 121 Å². The summed E-state index contributed by atoms with van der Waals surface area (Å²) in [7, 11) is 0. The van der Waals surface area contributed by atoms with Crippen molar-refractivity contribution in [3.63, 3.8) is 0 Å². The van der Waals surface area contributed by atoms with E-state index in [1.54, 1.807) is 0 Å². The summed E-state index contributed by atoms with van der Waals surface area (Å²) in [5, 5.41) is 5.97. The van der Waals surface area contributed by atoms with E-state index in [2.05, 4.69) is 102 Å². The predicted molar refractivity (Wildman–Crippen MR) is 133 cm³/mol. The van der Waals surface area contributed by atoms with Gasteiger partial charge in [0.05, 0.1) is 5.69 Å². The largest absolute Gasteiger partial charge is 0.256 e. The molecule has 4 aromatic carbocycles. The lowest BCUT2D eigenvalue weighted by Crippen LogP contribution is -2.24. The summed E-state index contributed by atoms with van der Waals surface area (Å²) in [5.74, 6) is 0. The lowest BCUT2D eigenvalue weighted by Gasteiger charge is -2.24. The van der Waals surface area contributed by atoms with Crippen LogP contribution in [0.1, 0.15) is 0 Å². The molecule has 5 aromatic rings. The molecule has 0 amide bonds. The minimum atomic E-state index is -2.11. The smallest absolute Gasteiger partial charge is 0.0708 e. The van der Waals surface area contributed by atoms with Gasteiger partial charge in [-0.3, -0.25) is 4.98 Å². The molecule has 0 saturated carbocycles. The number of hydrogen-bond donors (Lipinski definition) is 0. The number of nitrogens with zero attached hydrogens (tertiary/aromatic N) is 1. The Labute approximate surface area is 182 Å². The first kappa shape index (κ1) is 18.9. The fourth-order valence-corrected chi connectivity index (χ4v) is 7.55. The standard InChI is InChI=1S/C27H20NPS/c30-29(24-11-3-1-4-12-24,25-13-5-2-6-14-25)26-17-15-21(16-18-26)27-19-22-9-7-8-10-23(22)20-28-27/h1-20H. The van der Waals surface area contributed by atoms with Crippen molar-refractivity contribution < 1.29 is 0 Å². The Hall–Kier alpha value is -3.06. The average Bonchev–Trinajstić information content (AvgIpc) is 2.84. The zero-order valence-corrected chi connectivity index (χ0v) is 18.1. The van der Waals surface area contributed by atoms with E-state index in [4.69, 9.17) is 11.8 Å². The monoisotopic (exact) mass is 421 g/mol. The van der Waals surface area contributed by atoms with Crippen LogP contribution in [-0.4, -0.2) is 4.98 Å². The second kappa shape index (κ2) is 7.99. The van der Waals surface area contributed by atoms with E-state index >= 15 is 0 Å². The molecule has 0 spiro atoms. The summed E-state index contributed by atoms with van der Waals surface area (Å²) in [5.41, 5.74) is 2.08. The molecule has 0 fully saturated rings. The molecule has 144 valence electrons. The summed E-state index contributed by atoms with van der Waals surface area (Å²) in [6.45, 7) is 0. The zero-order valence-electron chi connectivity index (χ0n) is 16.3. The normalized spacial score (nSPS) is 11.5. The number of aromatic nitrogens is 1. The summed E-state index contributed by atoms with van der Waals surface area (Å²) in [4.78, 5) is 4.67. The van der Waals surface area contributed by atoms with E-state index in [0.717, 1.165) is 16.6 Å². The number of fused-ring (bicyclic) bond motifs is 1. The molecule has 5 rings (SSSR count). The molecule has 1 nitrogen and oxygen atoms in total. The Morgan fingerprint density at radius 3 is 1.63 bits per heavy atom. The van der Waals surface area contributed by atoms with E-state index < -0.39 is 6.04 Å². The second-order valence-electron chi connectivity index (χ2n) is 7.24. The average molecular weight is 422 g/mol. The molecule has 0 unspecified atom stereocenters. The molecule has 0 bridgehead atoms. The molecule has 0 saturated heterocycles. The van der Waals surface area contributed by atoms with Gasteiger partial charge in [-0.05, 0) is 27.4 Å². The van der Waals surface area contributed by atoms with Crippen LogP contribution < -0.4 is 15.9 Å². The maximum Gasteiger partial charge on any atom is 0.0708 e. The van der Waals surface area contributed by atoms with Crippen LogP contribution in [0.4, 0.5) is 0 Å². The summed E-state index contributed by atoms with van der Waals surface area (Å²) >= 11 is 6.42. The van der Waals surface area contributed by atoms with Crippen LogP contribution in [0.3, 0.4) is 0 Å². The highest BCUT2D eigenvalue weighted by Gasteiger charge is 2.24. The predicted octanol–water partition coefficient (Wildman–Crippen LogP) is 5.66. The van der Waals surface area contributed by atoms with Crippen molar-refractivity contribution in [1.82, 2.24) is 4.98 Å². The highest BCUT2D eigenvalue weighted by molar-refractivity contribution is 8.25. The number of rotatable bonds is 4. The lowest BCUT2D eigenvalue weighted by molar-refractivity contribution is 1.36. The van der Waals surface area contributed by atoms with Gasteiger partial charge in [0.25, 0.3) is 0 Å². The van der Waals surface area contributed by atoms with Gasteiger partial charge >= 0.3 is 0 Å². The van der Waals surface area contributed by atoms with Crippen LogP contribution >= 0.6 is 6.04 Å². The molecule has 0 atom stereocenters. The van der Waals surface area contributed by atoms with Gasteiger partial charge in [0.2, 0.25) is 0 Å². The van der Waals surface area contributed by atoms with Gasteiger partial charge in [0.1, 0.15) is 0 Å². The van der Waals surface area contributed by atoms with Crippen molar-refractivity contribution in [2.75, 3.05) is 0 Å². The number of pyridine rings is 1. The summed E-state index contributed by atoms with van der Waals surface area (Å²) in [6, 6.07) is 38.1. The van der Waals surface area contributed by atoms with Gasteiger partial charge in [-0.15, -0.1) is 0 Å². The Bertz CT molecular complexity index is 1300. The lowest BCUT2D eigenvalue weighted by atomic mass is 10.1. The third-order valence-electron chi connectivity index (χ3n) is 5.40. The Morgan fingerprint density at radius 2 is 1.03 bits per heavy atom. The van der Waals surface area contributed by atoms with E-state index in [9.17, 15) is 0 Å². The first-order chi connectivity index (χ1) is 14.7. The highest BCUT2D eigenvalue weighted by Crippen LogP contribution is 2.42. The van der Waals surface area contributed by atoms with Gasteiger partial charge in [0, 0.05) is 23.2 Å². The molecule has 0 aliphatic carbocycles. The summed E-state index contributed by atoms with van der Waals surface area (Å²) < 4.78 is 0. The molecular weight excluding hydrogens is 401 g/mol. The first-order valence-corrected chi connectivity index (χ1v) is 12.7. The minimum Gasteiger partial charge on any atom is -0.256 e. The zero-order chi connectivity index (χ0) is 20.4. The fraction of sp³-hybridized carbons (Fsp3) is 0. The van der Waals surface area contributed by atoms with E-state index in [-0.39, 0.29) is 0 Å². The van der Waals surface area contributed by atoms with E-state index in [1.807, 2.05) is 24.4 Å². The van der Waals surface area contributed by atoms with E-state index in [1.165, 1.54) is 21.3 Å². The van der Waals surface area contributed by atoms with Crippen LogP contribution in [-0.2, 0) is 11.8 Å². The molecule has 0 N–H and O–H groups in total. The molecule has 30 heavy (non-hydrogen) atoms. The van der Waals surface area contributed by atoms with Crippen molar-refractivity contribution in [1.29, 1.82) is 0 Å². The SMILES string of the molecule is S=P(c1ccccc1)(c1ccccc1)c1ccc(-c2cc3ccccc3cn2)cc1. The van der Waals surface area contributed by atoms with Crippen LogP contribution in [0.25, 0.3) is 22.0 Å². The molecule has 1 heterocycles. The van der Waals surface area contributed by atoms with Gasteiger partial charge in [-0.25, -0.2) is 0 Å².